The third-order valence-corrected chi connectivity index (χ3v) is 7.05. The number of pyridine rings is 1. The third kappa shape index (κ3) is 3.18. The van der Waals surface area contributed by atoms with Crippen LogP contribution in [0.1, 0.15) is 22.8 Å². The summed E-state index contributed by atoms with van der Waals surface area (Å²) in [5.41, 5.74) is 6.39. The van der Waals surface area contributed by atoms with Crippen molar-refractivity contribution in [2.45, 2.75) is 24.6 Å². The van der Waals surface area contributed by atoms with Gasteiger partial charge >= 0.3 is 0 Å². The number of amides is 1. The van der Waals surface area contributed by atoms with Crippen LogP contribution in [0.3, 0.4) is 0 Å². The SMILES string of the molecule is CO[C@@H]1C[C@H]1N(C)c1cc(Nc2cccn(C3C4COCC43)c2=O)nc2c(C(N)=O)cnn12. The molecule has 0 spiro atoms. The van der Waals surface area contributed by atoms with Gasteiger partial charge in [0, 0.05) is 44.3 Å². The third-order valence-electron chi connectivity index (χ3n) is 7.05. The van der Waals surface area contributed by atoms with Crippen LogP contribution in [0.15, 0.2) is 35.4 Å². The summed E-state index contributed by atoms with van der Waals surface area (Å²) in [6.07, 6.45) is 4.26. The Kier molecular flexibility index (Phi) is 4.46. The Morgan fingerprint density at radius 1 is 1.36 bits per heavy atom. The number of aromatic nitrogens is 4. The molecule has 2 aliphatic carbocycles. The van der Waals surface area contributed by atoms with Crippen molar-refractivity contribution >= 4 is 28.9 Å². The van der Waals surface area contributed by atoms with Gasteiger partial charge in [-0.05, 0) is 18.6 Å². The molecule has 6 rings (SSSR count). The molecule has 1 aliphatic heterocycles. The molecule has 11 nitrogen and oxygen atoms in total. The average Bonchev–Trinajstić information content (AvgIpc) is 3.61. The standard InChI is InChI=1S/C22H25N7O4/c1-27(15-6-16(15)32-2)18-7-17(26-21-11(20(23)30)8-24-29(18)21)25-14-4-3-5-28(22(14)31)19-12-9-33-10-13(12)19/h3-5,7-8,12-13,15-16,19H,6,9-10H2,1-2H3,(H2,23,30)(H,25,26)/t12?,13?,15-,16-,19?/m1/s1. The van der Waals surface area contributed by atoms with E-state index in [0.717, 1.165) is 6.42 Å². The Bertz CT molecular complexity index is 1310. The van der Waals surface area contributed by atoms with E-state index >= 15 is 0 Å². The summed E-state index contributed by atoms with van der Waals surface area (Å²) in [7, 11) is 3.63. The molecule has 0 radical (unpaired) electrons. The Balaban J connectivity index is 1.38. The van der Waals surface area contributed by atoms with Crippen molar-refractivity contribution in [1.82, 2.24) is 19.2 Å². The first kappa shape index (κ1) is 20.2. The largest absolute Gasteiger partial charge is 0.381 e. The van der Waals surface area contributed by atoms with E-state index in [0.29, 0.717) is 48.0 Å². The van der Waals surface area contributed by atoms with Gasteiger partial charge in [0.15, 0.2) is 5.65 Å². The highest BCUT2D eigenvalue weighted by Gasteiger charge is 2.55. The van der Waals surface area contributed by atoms with Gasteiger partial charge in [0.25, 0.3) is 11.5 Å². The van der Waals surface area contributed by atoms with E-state index < -0.39 is 5.91 Å². The lowest BCUT2D eigenvalue weighted by atomic mass is 10.3. The van der Waals surface area contributed by atoms with Crippen LogP contribution in [0.25, 0.3) is 5.65 Å². The molecule has 3 aromatic rings. The van der Waals surface area contributed by atoms with E-state index in [1.54, 1.807) is 22.3 Å². The van der Waals surface area contributed by atoms with Crippen LogP contribution in [-0.2, 0) is 9.47 Å². The molecule has 3 aliphatic rings. The smallest absolute Gasteiger partial charge is 0.274 e. The Labute approximate surface area is 189 Å². The molecular formula is C22H25N7O4. The highest BCUT2D eigenvalue weighted by atomic mass is 16.5. The first-order chi connectivity index (χ1) is 16.0. The molecular weight excluding hydrogens is 426 g/mol. The molecule has 11 heteroatoms. The number of carbonyl (C=O) groups is 1. The zero-order chi connectivity index (χ0) is 22.9. The first-order valence-electron chi connectivity index (χ1n) is 11.0. The predicted molar refractivity (Wildman–Crippen MR) is 120 cm³/mol. The number of hydrogen-bond acceptors (Lipinski definition) is 8. The van der Waals surface area contributed by atoms with Crippen molar-refractivity contribution in [3.05, 3.63) is 46.5 Å². The van der Waals surface area contributed by atoms with Crippen LogP contribution in [0.2, 0.25) is 0 Å². The monoisotopic (exact) mass is 451 g/mol. The second-order valence-electron chi connectivity index (χ2n) is 8.96. The van der Waals surface area contributed by atoms with Crippen LogP contribution < -0.4 is 21.5 Å². The van der Waals surface area contributed by atoms with Crippen molar-refractivity contribution in [3.63, 3.8) is 0 Å². The van der Waals surface area contributed by atoms with Crippen LogP contribution in [0.5, 0.6) is 0 Å². The van der Waals surface area contributed by atoms with Crippen LogP contribution in [0, 0.1) is 11.8 Å². The molecule has 3 N–H and O–H groups in total. The average molecular weight is 451 g/mol. The second kappa shape index (κ2) is 7.29. The van der Waals surface area contributed by atoms with Gasteiger partial charge in [-0.2, -0.15) is 9.61 Å². The minimum absolute atomic E-state index is 0.112. The van der Waals surface area contributed by atoms with E-state index in [1.807, 2.05) is 30.3 Å². The Morgan fingerprint density at radius 3 is 2.85 bits per heavy atom. The molecule has 33 heavy (non-hydrogen) atoms. The molecule has 0 bridgehead atoms. The fraction of sp³-hybridized carbons (Fsp3) is 0.455. The number of nitrogens with zero attached hydrogens (tertiary/aromatic N) is 5. The molecule has 4 heterocycles. The number of carbonyl (C=O) groups excluding carboxylic acids is 1. The first-order valence-corrected chi connectivity index (χ1v) is 11.0. The van der Waals surface area contributed by atoms with Crippen molar-refractivity contribution in [2.75, 3.05) is 37.6 Å². The lowest BCUT2D eigenvalue weighted by Crippen LogP contribution is -2.26. The number of ether oxygens (including phenoxy) is 2. The lowest BCUT2D eigenvalue weighted by Gasteiger charge is -2.21. The molecule has 2 saturated carbocycles. The number of nitrogens with two attached hydrogens (primary N) is 1. The number of nitrogens with one attached hydrogen (secondary N) is 1. The van der Waals surface area contributed by atoms with E-state index in [4.69, 9.17) is 15.2 Å². The molecule has 4 atom stereocenters. The van der Waals surface area contributed by atoms with Gasteiger partial charge in [0.2, 0.25) is 0 Å². The van der Waals surface area contributed by atoms with Crippen LogP contribution in [-0.4, -0.2) is 64.6 Å². The van der Waals surface area contributed by atoms with Gasteiger partial charge in [-0.25, -0.2) is 4.98 Å². The normalized spacial score (nSPS) is 27.4. The van der Waals surface area contributed by atoms with E-state index in [9.17, 15) is 9.59 Å². The highest BCUT2D eigenvalue weighted by molar-refractivity contribution is 5.99. The fourth-order valence-electron chi connectivity index (χ4n) is 5.03. The lowest BCUT2D eigenvalue weighted by molar-refractivity contribution is 0.100. The minimum Gasteiger partial charge on any atom is -0.381 e. The van der Waals surface area contributed by atoms with Gasteiger partial charge in [-0.15, -0.1) is 0 Å². The summed E-state index contributed by atoms with van der Waals surface area (Å²) in [6.45, 7) is 1.40. The molecule has 3 fully saturated rings. The number of rotatable bonds is 7. The molecule has 1 amide bonds. The van der Waals surface area contributed by atoms with Crippen LogP contribution in [0.4, 0.5) is 17.3 Å². The summed E-state index contributed by atoms with van der Waals surface area (Å²) in [5, 5.41) is 7.49. The number of methoxy groups -OCH3 is 1. The number of likely N-dealkylation sites (N-methyl/N-ethyl adjacent to an activating group) is 1. The van der Waals surface area contributed by atoms with Crippen molar-refractivity contribution < 1.29 is 14.3 Å². The van der Waals surface area contributed by atoms with Crippen molar-refractivity contribution in [1.29, 1.82) is 0 Å². The number of anilines is 3. The second-order valence-corrected chi connectivity index (χ2v) is 8.96. The van der Waals surface area contributed by atoms with Gasteiger partial charge in [0.05, 0.1) is 31.6 Å². The quantitative estimate of drug-likeness (QED) is 0.539. The maximum absolute atomic E-state index is 13.2. The predicted octanol–water partition coefficient (Wildman–Crippen LogP) is 0.774. The summed E-state index contributed by atoms with van der Waals surface area (Å²) in [4.78, 5) is 31.8. The summed E-state index contributed by atoms with van der Waals surface area (Å²) >= 11 is 0. The molecule has 3 aromatic heterocycles. The van der Waals surface area contributed by atoms with E-state index in [-0.39, 0.29) is 29.3 Å². The zero-order valence-corrected chi connectivity index (χ0v) is 18.3. The fourth-order valence-corrected chi connectivity index (χ4v) is 5.03. The maximum Gasteiger partial charge on any atom is 0.274 e. The minimum atomic E-state index is -0.617. The maximum atomic E-state index is 13.2. The highest BCUT2D eigenvalue weighted by Crippen LogP contribution is 2.53. The van der Waals surface area contributed by atoms with Gasteiger partial charge in [-0.3, -0.25) is 9.59 Å². The number of hydrogen-bond donors (Lipinski definition) is 2. The Hall–Kier alpha value is -3.44. The molecule has 172 valence electrons. The number of fused-ring (bicyclic) bond motifs is 2. The van der Waals surface area contributed by atoms with E-state index in [1.165, 1.54) is 6.20 Å². The molecule has 2 unspecified atom stereocenters. The van der Waals surface area contributed by atoms with Gasteiger partial charge < -0.3 is 30.0 Å². The summed E-state index contributed by atoms with van der Waals surface area (Å²) in [6, 6.07) is 5.76. The van der Waals surface area contributed by atoms with Crippen molar-refractivity contribution in [3.8, 4) is 0 Å². The van der Waals surface area contributed by atoms with E-state index in [2.05, 4.69) is 15.4 Å². The summed E-state index contributed by atoms with van der Waals surface area (Å²) in [5.74, 6) is 1.34. The Morgan fingerprint density at radius 2 is 2.15 bits per heavy atom. The van der Waals surface area contributed by atoms with Crippen LogP contribution >= 0.6 is 0 Å². The number of primary amides is 1. The topological polar surface area (TPSA) is 129 Å². The van der Waals surface area contributed by atoms with Gasteiger partial charge in [0.1, 0.15) is 22.9 Å². The zero-order valence-electron chi connectivity index (χ0n) is 18.3. The molecule has 1 saturated heterocycles. The molecule has 0 aromatic carbocycles. The van der Waals surface area contributed by atoms with Gasteiger partial charge in [-0.1, -0.05) is 0 Å². The van der Waals surface area contributed by atoms with Crippen molar-refractivity contribution in [2.24, 2.45) is 17.6 Å². The summed E-state index contributed by atoms with van der Waals surface area (Å²) < 4.78 is 14.3.